The average molecular weight is 484 g/mol. The summed E-state index contributed by atoms with van der Waals surface area (Å²) in [5, 5.41) is 0.0785. The van der Waals surface area contributed by atoms with Crippen LogP contribution < -0.4 is 9.46 Å². The van der Waals surface area contributed by atoms with Gasteiger partial charge < -0.3 is 4.74 Å². The molecular weight excluding hydrogens is 449 g/mol. The molecule has 5 rings (SSSR count). The van der Waals surface area contributed by atoms with Crippen LogP contribution in [0.1, 0.15) is 88.7 Å². The average Bonchev–Trinajstić information content (AvgIpc) is 3.51. The minimum absolute atomic E-state index is 0.0785. The number of rotatable bonds is 8. The molecule has 0 saturated heterocycles. The maximum atomic E-state index is 15.1. The first kappa shape index (κ1) is 23.5. The van der Waals surface area contributed by atoms with Crippen LogP contribution in [0.2, 0.25) is 0 Å². The van der Waals surface area contributed by atoms with Crippen molar-refractivity contribution in [3.63, 3.8) is 0 Å². The molecule has 4 nitrogen and oxygen atoms in total. The van der Waals surface area contributed by atoms with Gasteiger partial charge >= 0.3 is 0 Å². The van der Waals surface area contributed by atoms with Gasteiger partial charge in [0.05, 0.1) is 16.8 Å². The van der Waals surface area contributed by atoms with Gasteiger partial charge in [-0.1, -0.05) is 24.6 Å². The lowest BCUT2D eigenvalue weighted by atomic mass is 9.76. The molecule has 0 radical (unpaired) electrons. The molecule has 2 aromatic carbocycles. The number of hydrogen-bond acceptors (Lipinski definition) is 3. The molecule has 1 amide bonds. The molecular formula is C28H34FNO3S. The van der Waals surface area contributed by atoms with Crippen LogP contribution in [0.25, 0.3) is 11.1 Å². The molecule has 34 heavy (non-hydrogen) atoms. The zero-order chi connectivity index (χ0) is 23.9. The number of amides is 1. The molecule has 3 aliphatic rings. The van der Waals surface area contributed by atoms with Crippen LogP contribution in [0.5, 0.6) is 5.75 Å². The van der Waals surface area contributed by atoms with E-state index in [0.29, 0.717) is 0 Å². The minimum Gasteiger partial charge on any atom is -0.490 e. The molecule has 0 bridgehead atoms. The fourth-order valence-corrected chi connectivity index (χ4v) is 6.19. The molecule has 0 spiro atoms. The van der Waals surface area contributed by atoms with Gasteiger partial charge in [-0.25, -0.2) is 8.60 Å². The van der Waals surface area contributed by atoms with E-state index in [1.165, 1.54) is 0 Å². The predicted molar refractivity (Wildman–Crippen MR) is 134 cm³/mol. The van der Waals surface area contributed by atoms with E-state index in [1.807, 2.05) is 38.1 Å². The van der Waals surface area contributed by atoms with Crippen molar-refractivity contribution in [1.29, 1.82) is 0 Å². The van der Waals surface area contributed by atoms with Gasteiger partial charge in [0.1, 0.15) is 22.6 Å². The monoisotopic (exact) mass is 483 g/mol. The number of benzene rings is 2. The van der Waals surface area contributed by atoms with Gasteiger partial charge in [0.25, 0.3) is 0 Å². The number of carbonyl (C=O) groups excluding carboxylic acids is 1. The summed E-state index contributed by atoms with van der Waals surface area (Å²) in [5.41, 5.74) is 2.37. The Morgan fingerprint density at radius 1 is 1.00 bits per heavy atom. The quantitative estimate of drug-likeness (QED) is 0.479. The second-order valence-electron chi connectivity index (χ2n) is 10.6. The molecule has 3 saturated carbocycles. The molecule has 3 fully saturated rings. The van der Waals surface area contributed by atoms with E-state index in [0.717, 1.165) is 85.8 Å². The summed E-state index contributed by atoms with van der Waals surface area (Å²) in [6.07, 6.45) is 9.45. The highest BCUT2D eigenvalue weighted by molar-refractivity contribution is 7.84. The summed E-state index contributed by atoms with van der Waals surface area (Å²) in [5.74, 6) is 0.541. The molecule has 1 atom stereocenters. The van der Waals surface area contributed by atoms with Crippen molar-refractivity contribution in [3.8, 4) is 16.9 Å². The van der Waals surface area contributed by atoms with E-state index in [-0.39, 0.29) is 29.0 Å². The zero-order valence-corrected chi connectivity index (χ0v) is 20.9. The van der Waals surface area contributed by atoms with Gasteiger partial charge in [0.2, 0.25) is 5.91 Å². The molecule has 3 aliphatic carbocycles. The van der Waals surface area contributed by atoms with E-state index >= 15 is 4.39 Å². The molecule has 1 N–H and O–H groups in total. The maximum absolute atomic E-state index is 15.1. The smallest absolute Gasteiger partial charge is 0.241 e. The van der Waals surface area contributed by atoms with E-state index < -0.39 is 16.4 Å². The van der Waals surface area contributed by atoms with Crippen molar-refractivity contribution >= 4 is 16.9 Å². The Labute approximate surface area is 204 Å². The second-order valence-corrected chi connectivity index (χ2v) is 12.1. The number of hydrogen-bond donors (Lipinski definition) is 1. The zero-order valence-electron chi connectivity index (χ0n) is 20.1. The number of ether oxygens (including phenoxy) is 1. The van der Waals surface area contributed by atoms with Gasteiger partial charge in [-0.05, 0) is 106 Å². The Morgan fingerprint density at radius 3 is 2.38 bits per heavy atom. The first-order valence-corrected chi connectivity index (χ1v) is 13.9. The van der Waals surface area contributed by atoms with Crippen LogP contribution in [-0.4, -0.2) is 21.5 Å². The third kappa shape index (κ3) is 4.66. The van der Waals surface area contributed by atoms with Crippen LogP contribution in [0.15, 0.2) is 36.4 Å². The van der Waals surface area contributed by atoms with Crippen molar-refractivity contribution < 1.29 is 18.1 Å². The van der Waals surface area contributed by atoms with Gasteiger partial charge in [0, 0.05) is 5.56 Å². The Kier molecular flexibility index (Phi) is 6.54. The minimum atomic E-state index is -1.34. The number of carbonyl (C=O) groups is 1. The Hall–Kier alpha value is -2.21. The van der Waals surface area contributed by atoms with Crippen molar-refractivity contribution in [1.82, 2.24) is 4.72 Å². The topological polar surface area (TPSA) is 55.4 Å². The number of nitrogens with one attached hydrogen (secondary N) is 1. The standard InChI is InChI=1S/C28H34FNO3S/c1-28(2,27(31)30-34(32)21-14-15-21)19-13-16-25(33-20-9-3-4-10-20)23(17-19)22-11-6-12-24(29)26(22)18-7-5-8-18/h6,11-13,16-18,20-21H,3-5,7-10,14-15H2,1-2H3,(H,30,31). The summed E-state index contributed by atoms with van der Waals surface area (Å²) in [4.78, 5) is 13.1. The summed E-state index contributed by atoms with van der Waals surface area (Å²) in [7, 11) is -1.34. The van der Waals surface area contributed by atoms with Crippen LogP contribution in [0, 0.1) is 5.82 Å². The van der Waals surface area contributed by atoms with Crippen LogP contribution in [-0.2, 0) is 21.2 Å². The summed E-state index contributed by atoms with van der Waals surface area (Å²) >= 11 is 0. The summed E-state index contributed by atoms with van der Waals surface area (Å²) in [6, 6.07) is 11.1. The SMILES string of the molecule is CC(C)(C(=O)NS(=O)C1CC1)c1ccc(OC2CCCC2)c(-c2cccc(F)c2C2CCC2)c1. The first-order valence-electron chi connectivity index (χ1n) is 12.7. The van der Waals surface area contributed by atoms with Crippen LogP contribution in [0.4, 0.5) is 4.39 Å². The lowest BCUT2D eigenvalue weighted by Crippen LogP contribution is -2.41. The van der Waals surface area contributed by atoms with Gasteiger partial charge in [-0.2, -0.15) is 0 Å². The molecule has 0 heterocycles. The highest BCUT2D eigenvalue weighted by atomic mass is 32.2. The van der Waals surface area contributed by atoms with Gasteiger partial charge in [-0.3, -0.25) is 9.52 Å². The highest BCUT2D eigenvalue weighted by Gasteiger charge is 2.36. The molecule has 0 aliphatic heterocycles. The van der Waals surface area contributed by atoms with Crippen molar-refractivity contribution in [2.75, 3.05) is 0 Å². The number of halogens is 1. The third-order valence-corrected chi connectivity index (χ3v) is 9.21. The predicted octanol–water partition coefficient (Wildman–Crippen LogP) is 6.30. The van der Waals surface area contributed by atoms with Gasteiger partial charge in [-0.15, -0.1) is 0 Å². The molecule has 6 heteroatoms. The van der Waals surface area contributed by atoms with Crippen molar-refractivity contribution in [2.45, 2.75) is 94.3 Å². The largest absolute Gasteiger partial charge is 0.490 e. The first-order chi connectivity index (χ1) is 16.3. The summed E-state index contributed by atoms with van der Waals surface area (Å²) < 4.78 is 36.6. The lowest BCUT2D eigenvalue weighted by molar-refractivity contribution is -0.123. The van der Waals surface area contributed by atoms with E-state index in [1.54, 1.807) is 12.1 Å². The maximum Gasteiger partial charge on any atom is 0.241 e. The Balaban J connectivity index is 1.54. The second kappa shape index (κ2) is 9.44. The fourth-order valence-electron chi connectivity index (χ4n) is 5.02. The van der Waals surface area contributed by atoms with E-state index in [4.69, 9.17) is 4.74 Å². The Morgan fingerprint density at radius 2 is 1.74 bits per heavy atom. The van der Waals surface area contributed by atoms with E-state index in [2.05, 4.69) is 4.72 Å². The normalized spacial score (nSPS) is 20.1. The highest BCUT2D eigenvalue weighted by Crippen LogP contribution is 2.46. The van der Waals surface area contributed by atoms with Crippen molar-refractivity contribution in [2.24, 2.45) is 0 Å². The Bertz CT molecular complexity index is 1100. The molecule has 0 aromatic heterocycles. The van der Waals surface area contributed by atoms with E-state index in [9.17, 15) is 9.00 Å². The lowest BCUT2D eigenvalue weighted by Gasteiger charge is -2.30. The van der Waals surface area contributed by atoms with Crippen molar-refractivity contribution in [3.05, 3.63) is 53.3 Å². The fraction of sp³-hybridized carbons (Fsp3) is 0.536. The van der Waals surface area contributed by atoms with Crippen LogP contribution in [0.3, 0.4) is 0 Å². The molecule has 2 aromatic rings. The van der Waals surface area contributed by atoms with Crippen LogP contribution >= 0.6 is 0 Å². The molecule has 1 unspecified atom stereocenters. The summed E-state index contributed by atoms with van der Waals surface area (Å²) in [6.45, 7) is 3.70. The van der Waals surface area contributed by atoms with Gasteiger partial charge in [0.15, 0.2) is 0 Å². The molecule has 182 valence electrons. The third-order valence-electron chi connectivity index (χ3n) is 7.74.